The SMILES string of the molecule is CC(C)(C)CCOCc1cccc(CNC(C)(C)C)c1. The van der Waals surface area contributed by atoms with Crippen molar-refractivity contribution in [2.24, 2.45) is 5.41 Å². The minimum atomic E-state index is 0.152. The Labute approximate surface area is 124 Å². The lowest BCUT2D eigenvalue weighted by Crippen LogP contribution is -2.35. The van der Waals surface area contributed by atoms with Gasteiger partial charge in [0.25, 0.3) is 0 Å². The fraction of sp³-hybridized carbons (Fsp3) is 0.667. The zero-order chi connectivity index (χ0) is 15.2. The second-order valence-corrected chi connectivity index (χ2v) is 7.79. The van der Waals surface area contributed by atoms with Crippen LogP contribution in [0.25, 0.3) is 0 Å². The third kappa shape index (κ3) is 8.34. The lowest BCUT2D eigenvalue weighted by molar-refractivity contribution is 0.0962. The van der Waals surface area contributed by atoms with E-state index in [1.54, 1.807) is 0 Å². The molecule has 1 N–H and O–H groups in total. The zero-order valence-electron chi connectivity index (χ0n) is 14.0. The first kappa shape index (κ1) is 17.2. The Morgan fingerprint density at radius 2 is 1.65 bits per heavy atom. The van der Waals surface area contributed by atoms with Gasteiger partial charge in [-0.25, -0.2) is 0 Å². The summed E-state index contributed by atoms with van der Waals surface area (Å²) in [6.45, 7) is 15.7. The Balaban J connectivity index is 2.40. The third-order valence-electron chi connectivity index (χ3n) is 3.08. The van der Waals surface area contributed by atoms with Gasteiger partial charge in [0.05, 0.1) is 6.61 Å². The molecule has 2 heteroatoms. The van der Waals surface area contributed by atoms with Gasteiger partial charge in [-0.3, -0.25) is 0 Å². The Morgan fingerprint density at radius 1 is 1.00 bits per heavy atom. The molecule has 0 aliphatic rings. The molecule has 0 fully saturated rings. The minimum absolute atomic E-state index is 0.152. The topological polar surface area (TPSA) is 21.3 Å². The number of benzene rings is 1. The highest BCUT2D eigenvalue weighted by atomic mass is 16.5. The van der Waals surface area contributed by atoms with E-state index in [1.165, 1.54) is 11.1 Å². The van der Waals surface area contributed by atoms with Crippen molar-refractivity contribution in [2.75, 3.05) is 6.61 Å². The molecule has 0 atom stereocenters. The van der Waals surface area contributed by atoms with Crippen molar-refractivity contribution >= 4 is 0 Å². The lowest BCUT2D eigenvalue weighted by atomic mass is 9.93. The summed E-state index contributed by atoms with van der Waals surface area (Å²) in [7, 11) is 0. The van der Waals surface area contributed by atoms with Crippen LogP contribution in [0.1, 0.15) is 59.1 Å². The number of rotatable bonds is 6. The van der Waals surface area contributed by atoms with Crippen LogP contribution in [0.2, 0.25) is 0 Å². The quantitative estimate of drug-likeness (QED) is 0.771. The summed E-state index contributed by atoms with van der Waals surface area (Å²) in [6, 6.07) is 8.65. The summed E-state index contributed by atoms with van der Waals surface area (Å²) >= 11 is 0. The molecule has 0 aliphatic heterocycles. The van der Waals surface area contributed by atoms with E-state index in [0.29, 0.717) is 12.0 Å². The normalized spacial score (nSPS) is 12.7. The van der Waals surface area contributed by atoms with Crippen LogP contribution in [0.5, 0.6) is 0 Å². The first-order valence-corrected chi connectivity index (χ1v) is 7.56. The van der Waals surface area contributed by atoms with E-state index < -0.39 is 0 Å². The highest BCUT2D eigenvalue weighted by Gasteiger charge is 2.10. The monoisotopic (exact) mass is 277 g/mol. The predicted octanol–water partition coefficient (Wildman–Crippen LogP) is 4.53. The van der Waals surface area contributed by atoms with E-state index in [0.717, 1.165) is 19.6 Å². The van der Waals surface area contributed by atoms with Crippen LogP contribution in [-0.2, 0) is 17.9 Å². The van der Waals surface area contributed by atoms with Crippen molar-refractivity contribution in [2.45, 2.75) is 66.7 Å². The molecule has 0 heterocycles. The molecule has 114 valence electrons. The minimum Gasteiger partial charge on any atom is -0.377 e. The molecule has 0 bridgehead atoms. The summed E-state index contributed by atoms with van der Waals surface area (Å²) in [4.78, 5) is 0. The fourth-order valence-electron chi connectivity index (χ4n) is 1.77. The van der Waals surface area contributed by atoms with E-state index in [9.17, 15) is 0 Å². The molecule has 0 saturated carbocycles. The van der Waals surface area contributed by atoms with Crippen LogP contribution < -0.4 is 5.32 Å². The number of nitrogens with one attached hydrogen (secondary N) is 1. The number of hydrogen-bond donors (Lipinski definition) is 1. The lowest BCUT2D eigenvalue weighted by Gasteiger charge is -2.21. The molecule has 0 saturated heterocycles. The van der Waals surface area contributed by atoms with Gasteiger partial charge in [-0.05, 0) is 43.7 Å². The molecule has 20 heavy (non-hydrogen) atoms. The van der Waals surface area contributed by atoms with Gasteiger partial charge in [-0.15, -0.1) is 0 Å². The van der Waals surface area contributed by atoms with Gasteiger partial charge in [-0.1, -0.05) is 45.0 Å². The van der Waals surface area contributed by atoms with Crippen molar-refractivity contribution < 1.29 is 4.74 Å². The highest BCUT2D eigenvalue weighted by molar-refractivity contribution is 5.23. The maximum Gasteiger partial charge on any atom is 0.0716 e. The molecular formula is C18H31NO. The van der Waals surface area contributed by atoms with Crippen LogP contribution in [0.15, 0.2) is 24.3 Å². The van der Waals surface area contributed by atoms with Crippen LogP contribution in [0, 0.1) is 5.41 Å². The van der Waals surface area contributed by atoms with Crippen LogP contribution >= 0.6 is 0 Å². The van der Waals surface area contributed by atoms with Crippen LogP contribution in [0.4, 0.5) is 0 Å². The highest BCUT2D eigenvalue weighted by Crippen LogP contribution is 2.18. The Bertz CT molecular complexity index is 399. The molecule has 2 nitrogen and oxygen atoms in total. The molecule has 0 amide bonds. The van der Waals surface area contributed by atoms with Crippen molar-refractivity contribution in [3.8, 4) is 0 Å². The van der Waals surface area contributed by atoms with Gasteiger partial charge >= 0.3 is 0 Å². The van der Waals surface area contributed by atoms with Gasteiger partial charge in [0.15, 0.2) is 0 Å². The molecule has 0 spiro atoms. The standard InChI is InChI=1S/C18H31NO/c1-17(2,3)10-11-20-14-16-9-7-8-15(12-16)13-19-18(4,5)6/h7-9,12,19H,10-11,13-14H2,1-6H3. The van der Waals surface area contributed by atoms with E-state index in [2.05, 4.69) is 71.1 Å². The summed E-state index contributed by atoms with van der Waals surface area (Å²) in [5.41, 5.74) is 3.07. The first-order valence-electron chi connectivity index (χ1n) is 7.56. The molecule has 0 aromatic heterocycles. The molecule has 1 rings (SSSR count). The van der Waals surface area contributed by atoms with Gasteiger partial charge < -0.3 is 10.1 Å². The molecule has 0 radical (unpaired) electrons. The van der Waals surface area contributed by atoms with Gasteiger partial charge in [-0.2, -0.15) is 0 Å². The fourth-order valence-corrected chi connectivity index (χ4v) is 1.77. The molecule has 0 unspecified atom stereocenters. The maximum atomic E-state index is 5.78. The molecule has 1 aromatic carbocycles. The Hall–Kier alpha value is -0.860. The Morgan fingerprint density at radius 3 is 2.25 bits per heavy atom. The Kier molecular flexibility index (Phi) is 6.22. The third-order valence-corrected chi connectivity index (χ3v) is 3.08. The van der Waals surface area contributed by atoms with Gasteiger partial charge in [0, 0.05) is 18.7 Å². The van der Waals surface area contributed by atoms with E-state index in [4.69, 9.17) is 4.74 Å². The summed E-state index contributed by atoms with van der Waals surface area (Å²) < 4.78 is 5.78. The van der Waals surface area contributed by atoms with Gasteiger partial charge in [0.2, 0.25) is 0 Å². The van der Waals surface area contributed by atoms with Gasteiger partial charge in [0.1, 0.15) is 0 Å². The largest absolute Gasteiger partial charge is 0.377 e. The maximum absolute atomic E-state index is 5.78. The van der Waals surface area contributed by atoms with Crippen molar-refractivity contribution in [1.82, 2.24) is 5.32 Å². The second-order valence-electron chi connectivity index (χ2n) is 7.79. The predicted molar refractivity (Wildman–Crippen MR) is 86.8 cm³/mol. The van der Waals surface area contributed by atoms with E-state index >= 15 is 0 Å². The van der Waals surface area contributed by atoms with E-state index in [-0.39, 0.29) is 5.54 Å². The number of ether oxygens (including phenoxy) is 1. The second kappa shape index (κ2) is 7.24. The number of hydrogen-bond acceptors (Lipinski definition) is 2. The van der Waals surface area contributed by atoms with Crippen molar-refractivity contribution in [3.05, 3.63) is 35.4 Å². The zero-order valence-corrected chi connectivity index (χ0v) is 14.0. The molecule has 0 aliphatic carbocycles. The smallest absolute Gasteiger partial charge is 0.0716 e. The molecular weight excluding hydrogens is 246 g/mol. The summed E-state index contributed by atoms with van der Waals surface area (Å²) in [5.74, 6) is 0. The van der Waals surface area contributed by atoms with Crippen molar-refractivity contribution in [1.29, 1.82) is 0 Å². The summed E-state index contributed by atoms with van der Waals surface area (Å²) in [6.07, 6.45) is 1.10. The summed E-state index contributed by atoms with van der Waals surface area (Å²) in [5, 5.41) is 3.51. The van der Waals surface area contributed by atoms with E-state index in [1.807, 2.05) is 0 Å². The van der Waals surface area contributed by atoms with Crippen molar-refractivity contribution in [3.63, 3.8) is 0 Å². The molecule has 1 aromatic rings. The average Bonchev–Trinajstić information content (AvgIpc) is 2.31. The van der Waals surface area contributed by atoms with Crippen LogP contribution in [-0.4, -0.2) is 12.1 Å². The average molecular weight is 277 g/mol. The van der Waals surface area contributed by atoms with Crippen LogP contribution in [0.3, 0.4) is 0 Å². The first-order chi connectivity index (χ1) is 9.16.